The number of allylic oxidation sites excluding steroid dienone is 1. The van der Waals surface area contributed by atoms with E-state index in [1.165, 1.54) is 7.11 Å². The van der Waals surface area contributed by atoms with E-state index in [0.29, 0.717) is 34.8 Å². The summed E-state index contributed by atoms with van der Waals surface area (Å²) in [5, 5.41) is 5.55. The first kappa shape index (κ1) is 19.6. The molecule has 1 aliphatic heterocycles. The van der Waals surface area contributed by atoms with Gasteiger partial charge >= 0.3 is 12.0 Å². The van der Waals surface area contributed by atoms with E-state index in [9.17, 15) is 9.59 Å². The van der Waals surface area contributed by atoms with Crippen molar-refractivity contribution in [3.8, 4) is 11.5 Å². The van der Waals surface area contributed by atoms with Crippen molar-refractivity contribution in [3.63, 3.8) is 0 Å². The van der Waals surface area contributed by atoms with Crippen LogP contribution in [0.3, 0.4) is 0 Å². The topological polar surface area (TPSA) is 85.9 Å². The lowest BCUT2D eigenvalue weighted by Crippen LogP contribution is -2.46. The van der Waals surface area contributed by atoms with Gasteiger partial charge in [0.15, 0.2) is 0 Å². The number of methoxy groups -OCH3 is 2. The molecule has 2 amide bonds. The molecule has 1 atom stereocenters. The molecule has 0 bridgehead atoms. The van der Waals surface area contributed by atoms with Gasteiger partial charge in [-0.1, -0.05) is 13.3 Å². The minimum Gasteiger partial charge on any atom is -0.497 e. The molecule has 1 aromatic carbocycles. The number of rotatable bonds is 7. The van der Waals surface area contributed by atoms with Crippen LogP contribution in [0.2, 0.25) is 0 Å². The minimum absolute atomic E-state index is 0.275. The highest BCUT2D eigenvalue weighted by Crippen LogP contribution is 2.36. The number of carbonyl (C=O) groups excluding carboxylic acids is 2. The molecular weight excluding hydrogens is 336 g/mol. The maximum atomic E-state index is 12.8. The number of ether oxygens (including phenoxy) is 3. The molecule has 1 heterocycles. The largest absolute Gasteiger partial charge is 0.497 e. The predicted octanol–water partition coefficient (Wildman–Crippen LogP) is 3.06. The van der Waals surface area contributed by atoms with Gasteiger partial charge in [0.05, 0.1) is 31.9 Å². The Morgan fingerprint density at radius 3 is 2.54 bits per heavy atom. The van der Waals surface area contributed by atoms with Crippen molar-refractivity contribution >= 4 is 12.0 Å². The first-order valence-corrected chi connectivity index (χ1v) is 8.64. The Balaban J connectivity index is 2.60. The number of carbonyl (C=O) groups is 2. The molecular formula is C19H26N2O5. The highest BCUT2D eigenvalue weighted by Gasteiger charge is 2.35. The first-order valence-electron chi connectivity index (χ1n) is 8.64. The lowest BCUT2D eigenvalue weighted by Gasteiger charge is -2.30. The normalized spacial score (nSPS) is 16.8. The van der Waals surface area contributed by atoms with Crippen molar-refractivity contribution in [2.75, 3.05) is 14.2 Å². The van der Waals surface area contributed by atoms with E-state index in [1.54, 1.807) is 39.2 Å². The number of hydrogen-bond acceptors (Lipinski definition) is 5. The van der Waals surface area contributed by atoms with Gasteiger partial charge in [0.1, 0.15) is 11.5 Å². The summed E-state index contributed by atoms with van der Waals surface area (Å²) in [7, 11) is 3.09. The monoisotopic (exact) mass is 362 g/mol. The van der Waals surface area contributed by atoms with Gasteiger partial charge in [-0.25, -0.2) is 9.59 Å². The summed E-state index contributed by atoms with van der Waals surface area (Å²) < 4.78 is 16.1. The Morgan fingerprint density at radius 1 is 1.23 bits per heavy atom. The zero-order valence-electron chi connectivity index (χ0n) is 15.8. The van der Waals surface area contributed by atoms with Gasteiger partial charge < -0.3 is 24.8 Å². The van der Waals surface area contributed by atoms with Crippen molar-refractivity contribution in [3.05, 3.63) is 35.0 Å². The van der Waals surface area contributed by atoms with Crippen LogP contribution in [0.1, 0.15) is 45.2 Å². The molecule has 0 saturated carbocycles. The third kappa shape index (κ3) is 4.28. The second-order valence-corrected chi connectivity index (χ2v) is 6.24. The van der Waals surface area contributed by atoms with Crippen LogP contribution in [-0.2, 0) is 9.53 Å². The molecule has 7 nitrogen and oxygen atoms in total. The SMILES string of the molecule is CCCC1=C(C(=O)OC(C)C)C(c2cc(OC)ccc2OC)NC(=O)N1. The minimum atomic E-state index is -0.693. The fourth-order valence-corrected chi connectivity index (χ4v) is 2.88. The van der Waals surface area contributed by atoms with E-state index < -0.39 is 12.0 Å². The van der Waals surface area contributed by atoms with Crippen LogP contribution in [0.5, 0.6) is 11.5 Å². The molecule has 0 saturated heterocycles. The van der Waals surface area contributed by atoms with Gasteiger partial charge in [0.2, 0.25) is 0 Å². The zero-order valence-corrected chi connectivity index (χ0v) is 15.8. The molecule has 0 aromatic heterocycles. The van der Waals surface area contributed by atoms with Gasteiger partial charge in [-0.15, -0.1) is 0 Å². The van der Waals surface area contributed by atoms with E-state index >= 15 is 0 Å². The van der Waals surface area contributed by atoms with Gasteiger partial charge in [0, 0.05) is 11.3 Å². The van der Waals surface area contributed by atoms with Crippen molar-refractivity contribution in [1.82, 2.24) is 10.6 Å². The summed E-state index contributed by atoms with van der Waals surface area (Å²) in [5.41, 5.74) is 1.58. The summed E-state index contributed by atoms with van der Waals surface area (Å²) in [6.07, 6.45) is 1.05. The summed E-state index contributed by atoms with van der Waals surface area (Å²) in [6, 6.07) is 4.19. The summed E-state index contributed by atoms with van der Waals surface area (Å²) in [5.74, 6) is 0.678. The Labute approximate surface area is 153 Å². The van der Waals surface area contributed by atoms with Gasteiger partial charge in [-0.2, -0.15) is 0 Å². The van der Waals surface area contributed by atoms with Crippen LogP contribution in [-0.4, -0.2) is 32.3 Å². The van der Waals surface area contributed by atoms with Gasteiger partial charge in [0.25, 0.3) is 0 Å². The Kier molecular flexibility index (Phi) is 6.49. The highest BCUT2D eigenvalue weighted by molar-refractivity contribution is 5.95. The number of benzene rings is 1. The molecule has 1 unspecified atom stereocenters. The maximum absolute atomic E-state index is 12.8. The van der Waals surface area contributed by atoms with Crippen molar-refractivity contribution in [1.29, 1.82) is 0 Å². The summed E-state index contributed by atoms with van der Waals surface area (Å²) in [6.45, 7) is 5.55. The smallest absolute Gasteiger partial charge is 0.338 e. The molecule has 142 valence electrons. The predicted molar refractivity (Wildman–Crippen MR) is 97.1 cm³/mol. The fraction of sp³-hybridized carbons (Fsp3) is 0.474. The van der Waals surface area contributed by atoms with Crippen LogP contribution in [0.15, 0.2) is 29.5 Å². The Bertz CT molecular complexity index is 712. The van der Waals surface area contributed by atoms with Crippen LogP contribution < -0.4 is 20.1 Å². The van der Waals surface area contributed by atoms with Crippen LogP contribution in [0.25, 0.3) is 0 Å². The Morgan fingerprint density at radius 2 is 1.96 bits per heavy atom. The molecule has 0 radical (unpaired) electrons. The third-order valence-corrected chi connectivity index (χ3v) is 3.96. The average Bonchev–Trinajstić information content (AvgIpc) is 2.60. The van der Waals surface area contributed by atoms with Crippen molar-refractivity contribution < 1.29 is 23.8 Å². The molecule has 0 fully saturated rings. The van der Waals surface area contributed by atoms with Crippen LogP contribution in [0.4, 0.5) is 4.79 Å². The molecule has 1 aromatic rings. The van der Waals surface area contributed by atoms with Crippen molar-refractivity contribution in [2.45, 2.75) is 45.8 Å². The molecule has 2 rings (SSSR count). The number of amides is 2. The maximum Gasteiger partial charge on any atom is 0.338 e. The molecule has 1 aliphatic rings. The van der Waals surface area contributed by atoms with E-state index in [2.05, 4.69) is 10.6 Å². The lowest BCUT2D eigenvalue weighted by molar-refractivity contribution is -0.143. The average molecular weight is 362 g/mol. The second kappa shape index (κ2) is 8.60. The number of esters is 1. The quantitative estimate of drug-likeness (QED) is 0.728. The number of urea groups is 1. The van der Waals surface area contributed by atoms with Gasteiger partial charge in [-0.05, 0) is 38.5 Å². The molecule has 7 heteroatoms. The van der Waals surface area contributed by atoms with E-state index in [-0.39, 0.29) is 12.1 Å². The fourth-order valence-electron chi connectivity index (χ4n) is 2.88. The molecule has 0 spiro atoms. The van der Waals surface area contributed by atoms with Crippen LogP contribution in [0, 0.1) is 0 Å². The van der Waals surface area contributed by atoms with Gasteiger partial charge in [-0.3, -0.25) is 0 Å². The van der Waals surface area contributed by atoms with Crippen molar-refractivity contribution in [2.24, 2.45) is 0 Å². The Hall–Kier alpha value is -2.70. The zero-order chi connectivity index (χ0) is 19.3. The summed E-state index contributed by atoms with van der Waals surface area (Å²) >= 11 is 0. The van der Waals surface area contributed by atoms with E-state index in [0.717, 1.165) is 6.42 Å². The number of nitrogens with one attached hydrogen (secondary N) is 2. The second-order valence-electron chi connectivity index (χ2n) is 6.24. The standard InChI is InChI=1S/C19H26N2O5/c1-6-7-14-16(18(22)26-11(2)3)17(21-19(23)20-14)13-10-12(24-4)8-9-15(13)25-5/h8-11,17H,6-7H2,1-5H3,(H2,20,21,23). The van der Waals surface area contributed by atoms with E-state index in [4.69, 9.17) is 14.2 Å². The van der Waals surface area contributed by atoms with E-state index in [1.807, 2.05) is 6.92 Å². The first-order chi connectivity index (χ1) is 12.4. The van der Waals surface area contributed by atoms with Crippen LogP contribution >= 0.6 is 0 Å². The number of hydrogen-bond donors (Lipinski definition) is 2. The lowest BCUT2D eigenvalue weighted by atomic mass is 9.93. The molecule has 0 aliphatic carbocycles. The molecule has 2 N–H and O–H groups in total. The summed E-state index contributed by atoms with van der Waals surface area (Å²) in [4.78, 5) is 25.0. The highest BCUT2D eigenvalue weighted by atomic mass is 16.5. The molecule has 26 heavy (non-hydrogen) atoms. The third-order valence-electron chi connectivity index (χ3n) is 3.96.